The van der Waals surface area contributed by atoms with Crippen LogP contribution >= 0.6 is 0 Å². The number of ether oxygens (including phenoxy) is 3. The summed E-state index contributed by atoms with van der Waals surface area (Å²) in [4.78, 5) is 37.5. The number of benzene rings is 3. The first-order chi connectivity index (χ1) is 20.8. The van der Waals surface area contributed by atoms with Crippen LogP contribution in [0.25, 0.3) is 27.7 Å². The molecule has 2 aromatic heterocycles. The number of carbonyl (C=O) groups is 1. The molecule has 0 bridgehead atoms. The third kappa shape index (κ3) is 4.58. The zero-order valence-electron chi connectivity index (χ0n) is 22.6. The average molecular weight is 579 g/mol. The van der Waals surface area contributed by atoms with E-state index < -0.39 is 23.5 Å². The Hall–Kier alpha value is -5.77. The van der Waals surface area contributed by atoms with Gasteiger partial charge in [-0.25, -0.2) is 14.4 Å². The van der Waals surface area contributed by atoms with E-state index in [1.54, 1.807) is 42.5 Å². The predicted octanol–water partition coefficient (Wildman–Crippen LogP) is 4.92. The molecule has 1 atom stereocenters. The van der Waals surface area contributed by atoms with Gasteiger partial charge in [-0.3, -0.25) is 0 Å². The van der Waals surface area contributed by atoms with Gasteiger partial charge in [-0.05, 0) is 59.5 Å². The second kappa shape index (κ2) is 9.95. The van der Waals surface area contributed by atoms with Crippen molar-refractivity contribution < 1.29 is 38.1 Å². The summed E-state index contributed by atoms with van der Waals surface area (Å²) in [6.07, 6.45) is 0.728. The first kappa shape index (κ1) is 26.1. The third-order valence-corrected chi connectivity index (χ3v) is 7.50. The zero-order valence-corrected chi connectivity index (χ0v) is 22.6. The highest BCUT2D eigenvalue weighted by Crippen LogP contribution is 2.39. The van der Waals surface area contributed by atoms with E-state index >= 15 is 0 Å². The fourth-order valence-electron chi connectivity index (χ4n) is 5.51. The minimum absolute atomic E-state index is 0.0194. The standard InChI is InChI=1S/C33H22O10/c1-39-26-4-2-3-22-18(14-29(36)42-31(22)26)11-19-12-24-30(37)23-10-16(5-8-25(23)41-33(24)43-32(19)38)9-17-13-28(35)40-27-15-20(34)6-7-21(17)27/h2-8,10,12-15,33-34,37H,9,11H2,1H3. The Morgan fingerprint density at radius 2 is 1.60 bits per heavy atom. The van der Waals surface area contributed by atoms with Crippen molar-refractivity contribution in [1.29, 1.82) is 0 Å². The van der Waals surface area contributed by atoms with Crippen LogP contribution < -0.4 is 20.7 Å². The van der Waals surface area contributed by atoms with Crippen molar-refractivity contribution in [3.63, 3.8) is 0 Å². The van der Waals surface area contributed by atoms with Crippen LogP contribution in [0.5, 0.6) is 17.2 Å². The lowest BCUT2D eigenvalue weighted by Gasteiger charge is -2.30. The van der Waals surface area contributed by atoms with Crippen LogP contribution in [-0.4, -0.2) is 29.6 Å². The summed E-state index contributed by atoms with van der Waals surface area (Å²) in [5.74, 6) is -0.0891. The molecule has 10 nitrogen and oxygen atoms in total. The Kier molecular flexibility index (Phi) is 6.05. The van der Waals surface area contributed by atoms with Gasteiger partial charge in [-0.2, -0.15) is 0 Å². The highest BCUT2D eigenvalue weighted by molar-refractivity contribution is 5.94. The Labute approximate surface area is 242 Å². The molecule has 0 amide bonds. The highest BCUT2D eigenvalue weighted by Gasteiger charge is 2.36. The summed E-state index contributed by atoms with van der Waals surface area (Å²) in [5.41, 5.74) is 2.20. The molecule has 1 unspecified atom stereocenters. The fraction of sp³-hybridized carbons (Fsp3) is 0.121. The minimum atomic E-state index is -1.15. The lowest BCUT2D eigenvalue weighted by Crippen LogP contribution is -2.34. The van der Waals surface area contributed by atoms with E-state index in [0.717, 1.165) is 5.56 Å². The number of carbonyl (C=O) groups excluding carboxylic acids is 1. The molecule has 10 heteroatoms. The zero-order chi connectivity index (χ0) is 29.8. The Bertz CT molecular complexity index is 2170. The summed E-state index contributed by atoms with van der Waals surface area (Å²) in [7, 11) is 1.47. The number of aliphatic hydroxyl groups is 1. The molecule has 0 saturated heterocycles. The summed E-state index contributed by atoms with van der Waals surface area (Å²) >= 11 is 0. The van der Waals surface area contributed by atoms with Crippen LogP contribution in [0, 0.1) is 0 Å². The SMILES string of the molecule is COc1cccc2c(CC3=CC4=C(O)c5cc(Cc6cc(=O)oc7cc(O)ccc67)ccc5OC4OC3=O)cc(=O)oc12. The first-order valence-electron chi connectivity index (χ1n) is 13.3. The number of aromatic hydroxyl groups is 1. The number of methoxy groups -OCH3 is 1. The molecule has 0 radical (unpaired) electrons. The first-order valence-corrected chi connectivity index (χ1v) is 13.3. The van der Waals surface area contributed by atoms with Gasteiger partial charge in [-0.1, -0.05) is 18.2 Å². The van der Waals surface area contributed by atoms with Gasteiger partial charge >= 0.3 is 17.2 Å². The average Bonchev–Trinajstić information content (AvgIpc) is 2.97. The van der Waals surface area contributed by atoms with Gasteiger partial charge in [0.1, 0.15) is 22.8 Å². The molecule has 2 aliphatic rings. The van der Waals surface area contributed by atoms with Crippen LogP contribution in [0.4, 0.5) is 0 Å². The molecule has 214 valence electrons. The largest absolute Gasteiger partial charge is 0.508 e. The maximum Gasteiger partial charge on any atom is 0.337 e. The summed E-state index contributed by atoms with van der Waals surface area (Å²) in [5, 5.41) is 22.4. The number of fused-ring (bicyclic) bond motifs is 4. The predicted molar refractivity (Wildman–Crippen MR) is 154 cm³/mol. The molecular weight excluding hydrogens is 556 g/mol. The molecule has 2 N–H and O–H groups in total. The fourth-order valence-corrected chi connectivity index (χ4v) is 5.51. The van der Waals surface area contributed by atoms with E-state index in [-0.39, 0.29) is 40.2 Å². The van der Waals surface area contributed by atoms with Gasteiger partial charge in [0.05, 0.1) is 18.2 Å². The van der Waals surface area contributed by atoms with E-state index in [0.29, 0.717) is 45.4 Å². The van der Waals surface area contributed by atoms with Crippen molar-refractivity contribution in [3.05, 3.63) is 127 Å². The van der Waals surface area contributed by atoms with Crippen molar-refractivity contribution >= 4 is 33.7 Å². The van der Waals surface area contributed by atoms with Crippen molar-refractivity contribution in [2.45, 2.75) is 19.1 Å². The molecule has 2 aliphatic heterocycles. The number of esters is 1. The summed E-state index contributed by atoms with van der Waals surface area (Å²) in [6, 6.07) is 17.6. The Morgan fingerprint density at radius 1 is 0.814 bits per heavy atom. The van der Waals surface area contributed by atoms with Crippen LogP contribution in [0.2, 0.25) is 0 Å². The molecule has 0 saturated carbocycles. The molecule has 0 spiro atoms. The van der Waals surface area contributed by atoms with E-state index in [1.165, 1.54) is 37.5 Å². The molecule has 43 heavy (non-hydrogen) atoms. The van der Waals surface area contributed by atoms with E-state index in [1.807, 2.05) is 0 Å². The quantitative estimate of drug-likeness (QED) is 0.218. The van der Waals surface area contributed by atoms with Crippen LogP contribution in [0.1, 0.15) is 22.3 Å². The van der Waals surface area contributed by atoms with Gasteiger partial charge in [0, 0.05) is 41.0 Å². The lowest BCUT2D eigenvalue weighted by molar-refractivity contribution is -0.155. The highest BCUT2D eigenvalue weighted by atomic mass is 16.7. The van der Waals surface area contributed by atoms with Crippen molar-refractivity contribution in [2.24, 2.45) is 0 Å². The molecular formula is C33H22O10. The molecule has 0 fully saturated rings. The van der Waals surface area contributed by atoms with Gasteiger partial charge in [0.25, 0.3) is 6.29 Å². The molecule has 3 aromatic carbocycles. The maximum atomic E-state index is 13.0. The van der Waals surface area contributed by atoms with Crippen molar-refractivity contribution in [3.8, 4) is 17.2 Å². The number of para-hydroxylation sites is 1. The monoisotopic (exact) mass is 578 g/mol. The van der Waals surface area contributed by atoms with E-state index in [4.69, 9.17) is 23.0 Å². The smallest absolute Gasteiger partial charge is 0.337 e. The second-order valence-corrected chi connectivity index (χ2v) is 10.2. The van der Waals surface area contributed by atoms with Gasteiger partial charge < -0.3 is 33.3 Å². The number of aliphatic hydroxyl groups excluding tert-OH is 1. The Morgan fingerprint density at radius 3 is 2.42 bits per heavy atom. The van der Waals surface area contributed by atoms with Crippen molar-refractivity contribution in [1.82, 2.24) is 0 Å². The molecule has 5 aromatic rings. The van der Waals surface area contributed by atoms with Gasteiger partial charge in [0.2, 0.25) is 0 Å². The third-order valence-electron chi connectivity index (χ3n) is 7.50. The number of phenolic OH excluding ortho intramolecular Hbond substituents is 1. The van der Waals surface area contributed by atoms with Crippen LogP contribution in [0.15, 0.2) is 102 Å². The number of hydrogen-bond donors (Lipinski definition) is 2. The topological polar surface area (TPSA) is 146 Å². The van der Waals surface area contributed by atoms with Crippen LogP contribution in [-0.2, 0) is 22.4 Å². The number of rotatable bonds is 5. The molecule has 4 heterocycles. The Balaban J connectivity index is 1.26. The summed E-state index contributed by atoms with van der Waals surface area (Å²) < 4.78 is 27.4. The van der Waals surface area contributed by atoms with Gasteiger partial charge in [-0.15, -0.1) is 0 Å². The minimum Gasteiger partial charge on any atom is -0.508 e. The normalized spacial score (nSPS) is 15.9. The van der Waals surface area contributed by atoms with Crippen LogP contribution in [0.3, 0.4) is 0 Å². The van der Waals surface area contributed by atoms with E-state index in [9.17, 15) is 24.6 Å². The second-order valence-electron chi connectivity index (χ2n) is 10.2. The van der Waals surface area contributed by atoms with Crippen molar-refractivity contribution in [2.75, 3.05) is 7.11 Å². The summed E-state index contributed by atoms with van der Waals surface area (Å²) in [6.45, 7) is 0. The van der Waals surface area contributed by atoms with Gasteiger partial charge in [0.15, 0.2) is 11.3 Å². The number of phenols is 1. The molecule has 0 aliphatic carbocycles. The molecule has 7 rings (SSSR count). The lowest BCUT2D eigenvalue weighted by atomic mass is 9.94. The maximum absolute atomic E-state index is 13.0. The van der Waals surface area contributed by atoms with E-state index in [2.05, 4.69) is 0 Å². The number of hydrogen-bond acceptors (Lipinski definition) is 10.